The number of amides is 1. The molecule has 9 nitrogen and oxygen atoms in total. The molecule has 3 N–H and O–H groups in total. The molecule has 172 valence electrons. The van der Waals surface area contributed by atoms with Crippen LogP contribution >= 0.6 is 0 Å². The van der Waals surface area contributed by atoms with Crippen molar-refractivity contribution in [2.75, 3.05) is 19.9 Å². The number of aliphatic hydroxyl groups is 1. The maximum Gasteiger partial charge on any atom is 0.251 e. The number of rotatable bonds is 8. The van der Waals surface area contributed by atoms with Crippen molar-refractivity contribution in [3.05, 3.63) is 54.1 Å². The first-order chi connectivity index (χ1) is 15.5. The predicted molar refractivity (Wildman–Crippen MR) is 115 cm³/mol. The molecule has 2 heterocycles. The molecule has 0 radical (unpaired) electrons. The van der Waals surface area contributed by atoms with Crippen LogP contribution in [0.15, 0.2) is 53.4 Å². The first-order valence-electron chi connectivity index (χ1n) is 10.5. The molecule has 0 saturated carbocycles. The van der Waals surface area contributed by atoms with Gasteiger partial charge in [-0.1, -0.05) is 18.2 Å². The minimum Gasteiger partial charge on any atom is -0.454 e. The predicted octanol–water partition coefficient (Wildman–Crippen LogP) is 1.42. The van der Waals surface area contributed by atoms with Crippen LogP contribution in [0.2, 0.25) is 0 Å². The number of benzene rings is 2. The lowest BCUT2D eigenvalue weighted by Crippen LogP contribution is -2.51. The van der Waals surface area contributed by atoms with Crippen molar-refractivity contribution in [1.82, 2.24) is 10.0 Å². The van der Waals surface area contributed by atoms with Gasteiger partial charge in [-0.05, 0) is 49.6 Å². The Kier molecular flexibility index (Phi) is 6.95. The van der Waals surface area contributed by atoms with Crippen LogP contribution in [-0.4, -0.2) is 57.6 Å². The average molecular weight is 463 g/mol. The van der Waals surface area contributed by atoms with Gasteiger partial charge in [-0.25, -0.2) is 13.1 Å². The summed E-state index contributed by atoms with van der Waals surface area (Å²) in [6, 6.07) is 12.6. The molecular weight excluding hydrogens is 436 g/mol. The maximum atomic E-state index is 12.6. The standard InChI is InChI=1S/C22H26N2O7S/c25-13-21-18(24-32(27,28)17-4-2-1-3-5-17)8-7-16(31-21)10-11-23-22(26)15-6-9-19-20(12-15)30-14-29-19/h1-6,9,12,16,18,21,24-25H,7-8,10-11,13-14H2,(H,23,26)/t16-,18+,21-/m1/s1. The Bertz CT molecular complexity index is 1050. The Hall–Kier alpha value is -2.66. The Balaban J connectivity index is 1.26. The molecule has 32 heavy (non-hydrogen) atoms. The zero-order chi connectivity index (χ0) is 22.6. The molecule has 0 unspecified atom stereocenters. The zero-order valence-electron chi connectivity index (χ0n) is 17.4. The third-order valence-corrected chi connectivity index (χ3v) is 7.05. The van der Waals surface area contributed by atoms with Gasteiger partial charge in [0.2, 0.25) is 16.8 Å². The number of nitrogens with one attached hydrogen (secondary N) is 2. The van der Waals surface area contributed by atoms with Crippen molar-refractivity contribution in [2.24, 2.45) is 0 Å². The summed E-state index contributed by atoms with van der Waals surface area (Å²) in [5.41, 5.74) is 0.474. The molecule has 1 fully saturated rings. The van der Waals surface area contributed by atoms with Crippen LogP contribution in [-0.2, 0) is 14.8 Å². The van der Waals surface area contributed by atoms with E-state index in [1.165, 1.54) is 12.1 Å². The lowest BCUT2D eigenvalue weighted by Gasteiger charge is -2.36. The number of fused-ring (bicyclic) bond motifs is 1. The largest absolute Gasteiger partial charge is 0.454 e. The van der Waals surface area contributed by atoms with E-state index in [-0.39, 0.29) is 30.3 Å². The number of sulfonamides is 1. The van der Waals surface area contributed by atoms with Gasteiger partial charge in [0.25, 0.3) is 5.91 Å². The van der Waals surface area contributed by atoms with E-state index in [1.807, 2.05) is 0 Å². The molecule has 4 rings (SSSR count). The third kappa shape index (κ3) is 5.21. The van der Waals surface area contributed by atoms with Gasteiger partial charge in [0.15, 0.2) is 11.5 Å². The highest BCUT2D eigenvalue weighted by Gasteiger charge is 2.33. The van der Waals surface area contributed by atoms with Gasteiger partial charge in [-0.15, -0.1) is 0 Å². The van der Waals surface area contributed by atoms with Crippen LogP contribution in [0.25, 0.3) is 0 Å². The van der Waals surface area contributed by atoms with Crippen LogP contribution in [0.4, 0.5) is 0 Å². The molecule has 1 amide bonds. The number of carbonyl (C=O) groups is 1. The van der Waals surface area contributed by atoms with Gasteiger partial charge in [0, 0.05) is 12.1 Å². The van der Waals surface area contributed by atoms with E-state index in [9.17, 15) is 18.3 Å². The van der Waals surface area contributed by atoms with Crippen molar-refractivity contribution in [3.63, 3.8) is 0 Å². The normalized spacial score (nSPS) is 22.5. The molecule has 0 bridgehead atoms. The molecule has 10 heteroatoms. The first-order valence-corrected chi connectivity index (χ1v) is 12.0. The van der Waals surface area contributed by atoms with Crippen molar-refractivity contribution in [2.45, 2.75) is 42.4 Å². The summed E-state index contributed by atoms with van der Waals surface area (Å²) < 4.78 is 44.3. The highest BCUT2D eigenvalue weighted by molar-refractivity contribution is 7.89. The molecule has 0 aliphatic carbocycles. The third-order valence-electron chi connectivity index (χ3n) is 5.54. The highest BCUT2D eigenvalue weighted by Crippen LogP contribution is 2.32. The Labute approximate surface area is 186 Å². The van der Waals surface area contributed by atoms with Gasteiger partial charge in [-0.2, -0.15) is 0 Å². The van der Waals surface area contributed by atoms with Crippen molar-refractivity contribution >= 4 is 15.9 Å². The summed E-state index contributed by atoms with van der Waals surface area (Å²) in [6.07, 6.45) is 0.833. The lowest BCUT2D eigenvalue weighted by molar-refractivity contribution is -0.0871. The van der Waals surface area contributed by atoms with E-state index in [0.717, 1.165) is 0 Å². The number of ether oxygens (including phenoxy) is 3. The number of aliphatic hydroxyl groups excluding tert-OH is 1. The van der Waals surface area contributed by atoms with E-state index in [4.69, 9.17) is 14.2 Å². The van der Waals surface area contributed by atoms with Crippen LogP contribution < -0.4 is 19.5 Å². The SMILES string of the molecule is O=C(NCC[C@H]1CC[C@H](NS(=O)(=O)c2ccccc2)[C@@H](CO)O1)c1ccc2c(c1)OCO2. The molecule has 2 aliphatic rings. The second kappa shape index (κ2) is 9.86. The smallest absolute Gasteiger partial charge is 0.251 e. The second-order valence-corrected chi connectivity index (χ2v) is 9.42. The molecule has 2 aliphatic heterocycles. The Morgan fingerprint density at radius 2 is 1.84 bits per heavy atom. The minimum absolute atomic E-state index is 0.147. The quantitative estimate of drug-likeness (QED) is 0.542. The second-order valence-electron chi connectivity index (χ2n) is 7.71. The molecule has 1 saturated heterocycles. The molecular formula is C22H26N2O7S. The van der Waals surface area contributed by atoms with E-state index >= 15 is 0 Å². The molecule has 3 atom stereocenters. The van der Waals surface area contributed by atoms with Crippen LogP contribution in [0.3, 0.4) is 0 Å². The average Bonchev–Trinajstić information content (AvgIpc) is 3.28. The minimum atomic E-state index is -3.70. The number of hydrogen-bond donors (Lipinski definition) is 3. The highest BCUT2D eigenvalue weighted by atomic mass is 32.2. The Morgan fingerprint density at radius 1 is 1.06 bits per heavy atom. The molecule has 2 aromatic carbocycles. The molecule has 2 aromatic rings. The van der Waals surface area contributed by atoms with Gasteiger partial charge >= 0.3 is 0 Å². The van der Waals surface area contributed by atoms with Crippen LogP contribution in [0.5, 0.6) is 11.5 Å². The maximum absolute atomic E-state index is 12.6. The van der Waals surface area contributed by atoms with Crippen molar-refractivity contribution < 1.29 is 32.5 Å². The van der Waals surface area contributed by atoms with E-state index in [0.29, 0.717) is 42.9 Å². The topological polar surface area (TPSA) is 123 Å². The van der Waals surface area contributed by atoms with Gasteiger partial charge in [0.05, 0.1) is 29.8 Å². The number of carbonyl (C=O) groups excluding carboxylic acids is 1. The van der Waals surface area contributed by atoms with Crippen molar-refractivity contribution in [3.8, 4) is 11.5 Å². The van der Waals surface area contributed by atoms with E-state index < -0.39 is 22.2 Å². The fourth-order valence-electron chi connectivity index (χ4n) is 3.83. The van der Waals surface area contributed by atoms with Gasteiger partial charge in [-0.3, -0.25) is 4.79 Å². The summed E-state index contributed by atoms with van der Waals surface area (Å²) in [5, 5.41) is 12.6. The summed E-state index contributed by atoms with van der Waals surface area (Å²) in [4.78, 5) is 12.6. The fourth-order valence-corrected chi connectivity index (χ4v) is 5.15. The monoisotopic (exact) mass is 462 g/mol. The molecule has 0 aromatic heterocycles. The Morgan fingerprint density at radius 3 is 2.62 bits per heavy atom. The summed E-state index contributed by atoms with van der Waals surface area (Å²) in [5.74, 6) is 0.930. The summed E-state index contributed by atoms with van der Waals surface area (Å²) >= 11 is 0. The van der Waals surface area contributed by atoms with E-state index in [1.54, 1.807) is 36.4 Å². The van der Waals surface area contributed by atoms with Crippen LogP contribution in [0.1, 0.15) is 29.6 Å². The molecule has 0 spiro atoms. The summed E-state index contributed by atoms with van der Waals surface area (Å²) in [6.45, 7) is 0.229. The lowest BCUT2D eigenvalue weighted by atomic mass is 9.98. The zero-order valence-corrected chi connectivity index (χ0v) is 18.2. The number of hydrogen-bond acceptors (Lipinski definition) is 7. The van der Waals surface area contributed by atoms with Crippen LogP contribution in [0, 0.1) is 0 Å². The summed E-state index contributed by atoms with van der Waals surface area (Å²) in [7, 11) is -3.70. The van der Waals surface area contributed by atoms with E-state index in [2.05, 4.69) is 10.0 Å². The van der Waals surface area contributed by atoms with Gasteiger partial charge < -0.3 is 24.6 Å². The fraction of sp³-hybridized carbons (Fsp3) is 0.409. The van der Waals surface area contributed by atoms with Gasteiger partial charge in [0.1, 0.15) is 0 Å². The van der Waals surface area contributed by atoms with Crippen molar-refractivity contribution in [1.29, 1.82) is 0 Å². The first kappa shape index (κ1) is 22.5.